The van der Waals surface area contributed by atoms with Crippen LogP contribution in [0.4, 0.5) is 0 Å². The smallest absolute Gasteiger partial charge is 0.231 e. The number of methoxy groups -OCH3 is 1. The summed E-state index contributed by atoms with van der Waals surface area (Å²) in [4.78, 5) is 5.41. The van der Waals surface area contributed by atoms with Crippen LogP contribution in [0.2, 0.25) is 0 Å². The van der Waals surface area contributed by atoms with Gasteiger partial charge in [0.1, 0.15) is 5.75 Å². The summed E-state index contributed by atoms with van der Waals surface area (Å²) in [5, 5.41) is 9.08. The largest absolute Gasteiger partial charge is 0.497 e. The molecular weight excluding hydrogens is 422 g/mol. The molecule has 0 saturated carbocycles. The summed E-state index contributed by atoms with van der Waals surface area (Å²) in [6.45, 7) is 4.55. The van der Waals surface area contributed by atoms with Crippen LogP contribution < -0.4 is 19.0 Å². The molecule has 0 unspecified atom stereocenters. The van der Waals surface area contributed by atoms with Crippen molar-refractivity contribution in [1.82, 2.24) is 4.68 Å². The molecule has 5 rings (SSSR count). The highest BCUT2D eigenvalue weighted by atomic mass is 32.1. The average Bonchev–Trinajstić information content (AvgIpc) is 3.47. The van der Waals surface area contributed by atoms with E-state index in [1.807, 2.05) is 35.0 Å². The van der Waals surface area contributed by atoms with Crippen LogP contribution in [0.5, 0.6) is 17.2 Å². The summed E-state index contributed by atoms with van der Waals surface area (Å²) in [6, 6.07) is 18.2. The van der Waals surface area contributed by atoms with E-state index in [0.29, 0.717) is 6.54 Å². The average molecular weight is 444 g/mol. The van der Waals surface area contributed by atoms with E-state index in [-0.39, 0.29) is 6.79 Å². The van der Waals surface area contributed by atoms with Crippen molar-refractivity contribution in [1.29, 1.82) is 0 Å². The number of thiazole rings is 1. The molecule has 0 saturated heterocycles. The SMILES string of the molecule is C=CCN=c1scc(-c2ccc3cc(OC)ccc3c2)n1N=Cc1ccc2c(c1)OCO2. The Balaban J connectivity index is 1.56. The number of hydrogen-bond acceptors (Lipinski definition) is 6. The van der Waals surface area contributed by atoms with E-state index in [4.69, 9.17) is 19.3 Å². The lowest BCUT2D eigenvalue weighted by Gasteiger charge is -2.07. The number of ether oxygens (including phenoxy) is 3. The number of nitrogens with zero attached hydrogens (tertiary/aromatic N) is 3. The van der Waals surface area contributed by atoms with Gasteiger partial charge in [0.25, 0.3) is 0 Å². The van der Waals surface area contributed by atoms with Crippen LogP contribution >= 0.6 is 11.3 Å². The molecule has 32 heavy (non-hydrogen) atoms. The Hall–Kier alpha value is -3.84. The molecule has 0 atom stereocenters. The Bertz CT molecular complexity index is 1400. The highest BCUT2D eigenvalue weighted by Crippen LogP contribution is 2.32. The van der Waals surface area contributed by atoms with Crippen molar-refractivity contribution < 1.29 is 14.2 Å². The maximum atomic E-state index is 5.48. The Morgan fingerprint density at radius 2 is 1.91 bits per heavy atom. The molecule has 0 aliphatic carbocycles. The zero-order valence-corrected chi connectivity index (χ0v) is 18.3. The molecule has 0 amide bonds. The van der Waals surface area contributed by atoms with Crippen LogP contribution in [0, 0.1) is 0 Å². The van der Waals surface area contributed by atoms with Gasteiger partial charge in [0.2, 0.25) is 11.6 Å². The van der Waals surface area contributed by atoms with Crippen LogP contribution in [-0.2, 0) is 0 Å². The zero-order chi connectivity index (χ0) is 21.9. The Labute approximate surface area is 189 Å². The molecule has 160 valence electrons. The van der Waals surface area contributed by atoms with Crippen molar-refractivity contribution >= 4 is 28.3 Å². The third kappa shape index (κ3) is 3.90. The molecule has 0 fully saturated rings. The van der Waals surface area contributed by atoms with E-state index in [0.717, 1.165) is 49.6 Å². The minimum Gasteiger partial charge on any atom is -0.497 e. The zero-order valence-electron chi connectivity index (χ0n) is 17.5. The van der Waals surface area contributed by atoms with Crippen molar-refractivity contribution in [3.8, 4) is 28.5 Å². The quantitative estimate of drug-likeness (QED) is 0.309. The van der Waals surface area contributed by atoms with Crippen LogP contribution in [0.1, 0.15) is 5.56 Å². The van der Waals surface area contributed by atoms with Gasteiger partial charge in [-0.1, -0.05) is 24.3 Å². The van der Waals surface area contributed by atoms with Crippen LogP contribution in [0.3, 0.4) is 0 Å². The second-order valence-corrected chi connectivity index (χ2v) is 7.97. The van der Waals surface area contributed by atoms with E-state index in [9.17, 15) is 0 Å². The number of aromatic nitrogens is 1. The van der Waals surface area contributed by atoms with Gasteiger partial charge < -0.3 is 14.2 Å². The second-order valence-electron chi connectivity index (χ2n) is 7.13. The van der Waals surface area contributed by atoms with Gasteiger partial charge >= 0.3 is 0 Å². The van der Waals surface area contributed by atoms with Gasteiger partial charge in [-0.3, -0.25) is 4.99 Å². The third-order valence-electron chi connectivity index (χ3n) is 5.10. The molecule has 3 aromatic carbocycles. The summed E-state index contributed by atoms with van der Waals surface area (Å²) in [5.74, 6) is 2.32. The summed E-state index contributed by atoms with van der Waals surface area (Å²) in [7, 11) is 1.68. The van der Waals surface area contributed by atoms with Gasteiger partial charge in [-0.15, -0.1) is 17.9 Å². The van der Waals surface area contributed by atoms with E-state index in [2.05, 4.69) is 41.2 Å². The second kappa shape index (κ2) is 8.72. The lowest BCUT2D eigenvalue weighted by Crippen LogP contribution is -2.12. The molecular formula is C25H21N3O3S. The standard InChI is InChI=1S/C25H21N3O3S/c1-3-10-26-25-28(27-14-17-4-9-23-24(11-17)31-16-30-23)22(15-32-25)20-6-5-19-13-21(29-2)8-7-18(19)12-20/h3-9,11-15H,1,10,16H2,2H3. The van der Waals surface area contributed by atoms with Crippen molar-refractivity contribution in [2.24, 2.45) is 10.1 Å². The molecule has 0 bridgehead atoms. The highest BCUT2D eigenvalue weighted by Gasteiger charge is 2.13. The number of fused-ring (bicyclic) bond motifs is 2. The Kier molecular flexibility index (Phi) is 5.47. The summed E-state index contributed by atoms with van der Waals surface area (Å²) >= 11 is 1.55. The van der Waals surface area contributed by atoms with E-state index >= 15 is 0 Å². The lowest BCUT2D eigenvalue weighted by atomic mass is 10.1. The van der Waals surface area contributed by atoms with Crippen molar-refractivity contribution in [3.05, 3.63) is 83.0 Å². The number of hydrogen-bond donors (Lipinski definition) is 0. The predicted molar refractivity (Wildman–Crippen MR) is 128 cm³/mol. The normalized spacial score (nSPS) is 13.2. The van der Waals surface area contributed by atoms with Gasteiger partial charge in [0.05, 0.1) is 25.6 Å². The molecule has 1 aromatic heterocycles. The number of benzene rings is 3. The maximum absolute atomic E-state index is 5.48. The van der Waals surface area contributed by atoms with Crippen LogP contribution in [-0.4, -0.2) is 31.3 Å². The van der Waals surface area contributed by atoms with E-state index < -0.39 is 0 Å². The van der Waals surface area contributed by atoms with Gasteiger partial charge in [-0.2, -0.15) is 5.10 Å². The number of rotatable bonds is 6. The van der Waals surface area contributed by atoms with Gasteiger partial charge in [-0.05, 0) is 52.7 Å². The molecule has 7 heteroatoms. The van der Waals surface area contributed by atoms with E-state index in [1.54, 1.807) is 30.7 Å². The molecule has 0 radical (unpaired) electrons. The van der Waals surface area contributed by atoms with Crippen LogP contribution in [0.25, 0.3) is 22.0 Å². The fraction of sp³-hybridized carbons (Fsp3) is 0.120. The van der Waals surface area contributed by atoms with Crippen molar-refractivity contribution in [2.45, 2.75) is 0 Å². The predicted octanol–water partition coefficient (Wildman–Crippen LogP) is 5.08. The van der Waals surface area contributed by atoms with Crippen molar-refractivity contribution in [3.63, 3.8) is 0 Å². The minimum absolute atomic E-state index is 0.248. The minimum atomic E-state index is 0.248. The Morgan fingerprint density at radius 1 is 1.06 bits per heavy atom. The molecule has 6 nitrogen and oxygen atoms in total. The van der Waals surface area contributed by atoms with Gasteiger partial charge in [0, 0.05) is 10.9 Å². The van der Waals surface area contributed by atoms with Gasteiger partial charge in [0.15, 0.2) is 11.5 Å². The first-order valence-electron chi connectivity index (χ1n) is 10.1. The first-order chi connectivity index (χ1) is 15.7. The lowest BCUT2D eigenvalue weighted by molar-refractivity contribution is 0.174. The van der Waals surface area contributed by atoms with Crippen molar-refractivity contribution in [2.75, 3.05) is 20.4 Å². The Morgan fingerprint density at radius 3 is 2.78 bits per heavy atom. The molecule has 2 heterocycles. The monoisotopic (exact) mass is 443 g/mol. The molecule has 4 aromatic rings. The van der Waals surface area contributed by atoms with E-state index in [1.165, 1.54) is 0 Å². The van der Waals surface area contributed by atoms with Crippen LogP contribution in [0.15, 0.2) is 82.7 Å². The maximum Gasteiger partial charge on any atom is 0.231 e. The third-order valence-corrected chi connectivity index (χ3v) is 5.96. The molecule has 0 N–H and O–H groups in total. The summed E-state index contributed by atoms with van der Waals surface area (Å²) in [5.41, 5.74) is 2.94. The fourth-order valence-corrected chi connectivity index (χ4v) is 4.34. The fourth-order valence-electron chi connectivity index (χ4n) is 3.49. The molecule has 1 aliphatic heterocycles. The summed E-state index contributed by atoms with van der Waals surface area (Å²) < 4.78 is 18.1. The first kappa shape index (κ1) is 20.1. The molecule has 1 aliphatic rings. The summed E-state index contributed by atoms with van der Waals surface area (Å²) in [6.07, 6.45) is 3.58. The topological polar surface area (TPSA) is 57.3 Å². The first-order valence-corrected chi connectivity index (χ1v) is 11.0. The molecule has 0 spiro atoms. The van der Waals surface area contributed by atoms with Gasteiger partial charge in [-0.25, -0.2) is 4.68 Å². The highest BCUT2D eigenvalue weighted by molar-refractivity contribution is 7.07.